The molecule has 0 unspecified atom stereocenters. The van der Waals surface area contributed by atoms with Crippen molar-refractivity contribution >= 4 is 29.9 Å². The summed E-state index contributed by atoms with van der Waals surface area (Å²) in [6.07, 6.45) is 0. The lowest BCUT2D eigenvalue weighted by Crippen LogP contribution is -2.51. The highest BCUT2D eigenvalue weighted by molar-refractivity contribution is 14.0. The van der Waals surface area contributed by atoms with E-state index in [0.29, 0.717) is 6.54 Å². The van der Waals surface area contributed by atoms with Gasteiger partial charge in [-0.25, -0.2) is 9.38 Å². The average Bonchev–Trinajstić information content (AvgIpc) is 2.40. The fraction of sp³-hybridized carbons (Fsp3) is 0.533. The van der Waals surface area contributed by atoms with Gasteiger partial charge in [-0.2, -0.15) is 0 Å². The van der Waals surface area contributed by atoms with Crippen LogP contribution in [0.1, 0.15) is 19.4 Å². The third-order valence-corrected chi connectivity index (χ3v) is 3.24. The predicted octanol–water partition coefficient (Wildman–Crippen LogP) is 2.54. The van der Waals surface area contributed by atoms with E-state index >= 15 is 0 Å². The van der Waals surface area contributed by atoms with Gasteiger partial charge in [0.2, 0.25) is 0 Å². The summed E-state index contributed by atoms with van der Waals surface area (Å²) in [4.78, 5) is 4.47. The third-order valence-electron chi connectivity index (χ3n) is 3.24. The first-order chi connectivity index (χ1) is 9.61. The lowest BCUT2D eigenvalue weighted by atomic mass is 9.89. The van der Waals surface area contributed by atoms with Crippen LogP contribution in [0.4, 0.5) is 4.39 Å². The average molecular weight is 407 g/mol. The molecule has 0 atom stereocenters. The van der Waals surface area contributed by atoms with Crippen LogP contribution < -0.4 is 10.6 Å². The Hall–Kier alpha value is -0.890. The molecule has 1 aromatic carbocycles. The second kappa shape index (κ2) is 8.53. The minimum atomic E-state index is -0.227. The van der Waals surface area contributed by atoms with E-state index in [-0.39, 0.29) is 35.2 Å². The van der Waals surface area contributed by atoms with Gasteiger partial charge in [-0.1, -0.05) is 19.1 Å². The lowest BCUT2D eigenvalue weighted by Gasteiger charge is -2.38. The molecule has 0 bridgehead atoms. The maximum atomic E-state index is 13.1. The molecular weight excluding hydrogens is 384 g/mol. The summed E-state index contributed by atoms with van der Waals surface area (Å²) >= 11 is 0. The van der Waals surface area contributed by atoms with Crippen molar-refractivity contribution in [3.63, 3.8) is 0 Å². The van der Waals surface area contributed by atoms with E-state index in [2.05, 4.69) is 22.5 Å². The number of hydrogen-bond acceptors (Lipinski definition) is 2. The summed E-state index contributed by atoms with van der Waals surface area (Å²) in [6, 6.07) is 6.52. The van der Waals surface area contributed by atoms with Crippen molar-refractivity contribution in [2.45, 2.75) is 20.4 Å². The van der Waals surface area contributed by atoms with Crippen LogP contribution in [0.25, 0.3) is 0 Å². The summed E-state index contributed by atoms with van der Waals surface area (Å²) in [6.45, 7) is 7.84. The normalized spacial score (nSPS) is 16.6. The zero-order valence-electron chi connectivity index (χ0n) is 12.5. The quantitative estimate of drug-likeness (QED) is 0.448. The molecule has 1 heterocycles. The number of halogens is 2. The highest BCUT2D eigenvalue weighted by Gasteiger charge is 2.33. The molecule has 0 aliphatic carbocycles. The Balaban J connectivity index is 0.00000220. The topological polar surface area (TPSA) is 45.7 Å². The van der Waals surface area contributed by atoms with E-state index in [4.69, 9.17) is 4.74 Å². The molecule has 0 amide bonds. The fourth-order valence-electron chi connectivity index (χ4n) is 2.00. The van der Waals surface area contributed by atoms with Crippen LogP contribution in [0, 0.1) is 11.2 Å². The molecule has 118 valence electrons. The second-order valence-corrected chi connectivity index (χ2v) is 5.48. The van der Waals surface area contributed by atoms with Gasteiger partial charge in [-0.05, 0) is 24.6 Å². The first kappa shape index (κ1) is 18.2. The Morgan fingerprint density at radius 1 is 1.38 bits per heavy atom. The van der Waals surface area contributed by atoms with Crippen molar-refractivity contribution < 1.29 is 9.13 Å². The van der Waals surface area contributed by atoms with Crippen molar-refractivity contribution in [3.8, 4) is 0 Å². The Morgan fingerprint density at radius 3 is 2.71 bits per heavy atom. The smallest absolute Gasteiger partial charge is 0.191 e. The molecule has 6 heteroatoms. The maximum Gasteiger partial charge on any atom is 0.191 e. The number of nitrogens with one attached hydrogen (secondary N) is 2. The molecule has 1 fully saturated rings. The summed E-state index contributed by atoms with van der Waals surface area (Å²) in [7, 11) is 0. The lowest BCUT2D eigenvalue weighted by molar-refractivity contribution is -0.0971. The van der Waals surface area contributed by atoms with Gasteiger partial charge in [0.1, 0.15) is 5.82 Å². The van der Waals surface area contributed by atoms with E-state index < -0.39 is 0 Å². The standard InChI is InChI=1S/C15H22FN3O.HI/c1-3-17-14(19-9-15(2)10-20-11-15)18-8-12-5-4-6-13(16)7-12;/h4-7H,3,8-11H2,1-2H3,(H2,17,18,19);1H. The van der Waals surface area contributed by atoms with Crippen molar-refractivity contribution in [1.29, 1.82) is 0 Å². The summed E-state index contributed by atoms with van der Waals surface area (Å²) in [5.74, 6) is 0.527. The van der Waals surface area contributed by atoms with E-state index in [1.807, 2.05) is 13.0 Å². The van der Waals surface area contributed by atoms with Gasteiger partial charge in [-0.3, -0.25) is 0 Å². The highest BCUT2D eigenvalue weighted by Crippen LogP contribution is 2.24. The third kappa shape index (κ3) is 5.78. The molecule has 2 rings (SSSR count). The number of rotatable bonds is 5. The molecule has 1 aliphatic heterocycles. The number of guanidine groups is 1. The number of ether oxygens (including phenoxy) is 1. The molecule has 1 aromatic rings. The molecular formula is C15H23FIN3O. The van der Waals surface area contributed by atoms with E-state index in [1.165, 1.54) is 12.1 Å². The SMILES string of the molecule is CCNC(=NCc1cccc(F)c1)NCC1(C)COC1.I. The van der Waals surface area contributed by atoms with E-state index in [1.54, 1.807) is 6.07 Å². The molecule has 21 heavy (non-hydrogen) atoms. The molecule has 0 saturated carbocycles. The first-order valence-corrected chi connectivity index (χ1v) is 6.96. The highest BCUT2D eigenvalue weighted by atomic mass is 127. The Labute approximate surface area is 142 Å². The van der Waals surface area contributed by atoms with Crippen LogP contribution in [0.15, 0.2) is 29.3 Å². The van der Waals surface area contributed by atoms with Gasteiger partial charge in [0.05, 0.1) is 19.8 Å². The van der Waals surface area contributed by atoms with E-state index in [9.17, 15) is 4.39 Å². The van der Waals surface area contributed by atoms with Gasteiger partial charge >= 0.3 is 0 Å². The molecule has 2 N–H and O–H groups in total. The van der Waals surface area contributed by atoms with Gasteiger partial charge in [0.15, 0.2) is 5.96 Å². The maximum absolute atomic E-state index is 13.1. The van der Waals surface area contributed by atoms with Crippen LogP contribution in [-0.4, -0.2) is 32.3 Å². The van der Waals surface area contributed by atoms with Gasteiger partial charge < -0.3 is 15.4 Å². The van der Waals surface area contributed by atoms with E-state index in [0.717, 1.165) is 37.8 Å². The van der Waals surface area contributed by atoms with Gasteiger partial charge in [-0.15, -0.1) is 24.0 Å². The molecule has 1 aliphatic rings. The van der Waals surface area contributed by atoms with Crippen molar-refractivity contribution in [1.82, 2.24) is 10.6 Å². The fourth-order valence-corrected chi connectivity index (χ4v) is 2.00. The van der Waals surface area contributed by atoms with Crippen LogP contribution >= 0.6 is 24.0 Å². The molecule has 0 radical (unpaired) electrons. The molecule has 0 aromatic heterocycles. The van der Waals surface area contributed by atoms with Crippen molar-refractivity contribution in [2.75, 3.05) is 26.3 Å². The van der Waals surface area contributed by atoms with Crippen LogP contribution in [0.5, 0.6) is 0 Å². The number of nitrogens with zero attached hydrogens (tertiary/aromatic N) is 1. The minimum Gasteiger partial charge on any atom is -0.380 e. The van der Waals surface area contributed by atoms with Gasteiger partial charge in [0, 0.05) is 18.5 Å². The monoisotopic (exact) mass is 407 g/mol. The number of benzene rings is 1. The Kier molecular flexibility index (Phi) is 7.37. The Bertz CT molecular complexity index is 478. The second-order valence-electron chi connectivity index (χ2n) is 5.48. The molecule has 4 nitrogen and oxygen atoms in total. The zero-order valence-corrected chi connectivity index (χ0v) is 14.8. The minimum absolute atomic E-state index is 0. The molecule has 1 saturated heterocycles. The first-order valence-electron chi connectivity index (χ1n) is 6.96. The predicted molar refractivity (Wildman–Crippen MR) is 93.6 cm³/mol. The zero-order chi connectivity index (χ0) is 14.4. The van der Waals surface area contributed by atoms with Crippen LogP contribution in [0.3, 0.4) is 0 Å². The van der Waals surface area contributed by atoms with Crippen molar-refractivity contribution in [2.24, 2.45) is 10.4 Å². The molecule has 0 spiro atoms. The summed E-state index contributed by atoms with van der Waals surface area (Å²) in [5, 5.41) is 6.51. The number of hydrogen-bond donors (Lipinski definition) is 2. The van der Waals surface area contributed by atoms with Crippen LogP contribution in [0.2, 0.25) is 0 Å². The summed E-state index contributed by atoms with van der Waals surface area (Å²) in [5.41, 5.74) is 1.05. The van der Waals surface area contributed by atoms with Crippen molar-refractivity contribution in [3.05, 3.63) is 35.6 Å². The van der Waals surface area contributed by atoms with Crippen LogP contribution in [-0.2, 0) is 11.3 Å². The number of aliphatic imine (C=N–C) groups is 1. The van der Waals surface area contributed by atoms with Gasteiger partial charge in [0.25, 0.3) is 0 Å². The Morgan fingerprint density at radius 2 is 2.14 bits per heavy atom. The largest absolute Gasteiger partial charge is 0.380 e. The summed E-state index contributed by atoms with van der Waals surface area (Å²) < 4.78 is 18.3.